The molecule has 0 bridgehead atoms. The first-order valence-corrected chi connectivity index (χ1v) is 8.70. The summed E-state index contributed by atoms with van der Waals surface area (Å²) < 4.78 is 26.5. The third-order valence-electron chi connectivity index (χ3n) is 3.38. The van der Waals surface area contributed by atoms with Gasteiger partial charge in [0.15, 0.2) is 5.01 Å². The zero-order chi connectivity index (χ0) is 18.5. The lowest BCUT2D eigenvalue weighted by Crippen LogP contribution is -2.22. The minimum atomic E-state index is -0.423. The van der Waals surface area contributed by atoms with E-state index in [-0.39, 0.29) is 22.4 Å². The lowest BCUT2D eigenvalue weighted by atomic mass is 10.2. The van der Waals surface area contributed by atoms with Crippen molar-refractivity contribution in [2.45, 2.75) is 6.54 Å². The molecule has 1 aromatic heterocycles. The number of carbonyl (C=O) groups excluding carboxylic acids is 1. The van der Waals surface area contributed by atoms with Crippen LogP contribution >= 0.6 is 22.9 Å². The Morgan fingerprint density at radius 3 is 2.50 bits per heavy atom. The molecule has 2 aromatic carbocycles. The van der Waals surface area contributed by atoms with Crippen molar-refractivity contribution in [1.29, 1.82) is 0 Å². The van der Waals surface area contributed by atoms with E-state index in [0.717, 1.165) is 16.9 Å². The van der Waals surface area contributed by atoms with E-state index in [1.807, 2.05) is 0 Å². The molecule has 26 heavy (non-hydrogen) atoms. The summed E-state index contributed by atoms with van der Waals surface area (Å²) in [6.45, 7) is 0.229. The van der Waals surface area contributed by atoms with Crippen LogP contribution in [0, 0.1) is 11.6 Å². The molecule has 0 aliphatic carbocycles. The van der Waals surface area contributed by atoms with Gasteiger partial charge in [-0.2, -0.15) is 0 Å². The minimum absolute atomic E-state index is 0.127. The first kappa shape index (κ1) is 18.2. The van der Waals surface area contributed by atoms with Crippen molar-refractivity contribution in [1.82, 2.24) is 15.5 Å². The standard InChI is InChI=1S/C18H12ClF2N3OS/c19-14(9-12-3-1-2-4-15(12)21)17-23-24-18(26-17)16(25)22-10-11-5-7-13(20)8-6-11/h1-9H,10H2,(H,22,25)/b14-9-. The van der Waals surface area contributed by atoms with Gasteiger partial charge in [-0.1, -0.05) is 53.3 Å². The Labute approximate surface area is 157 Å². The molecule has 3 rings (SSSR count). The van der Waals surface area contributed by atoms with Crippen molar-refractivity contribution in [3.8, 4) is 0 Å². The first-order valence-electron chi connectivity index (χ1n) is 7.51. The highest BCUT2D eigenvalue weighted by molar-refractivity contribution is 7.15. The van der Waals surface area contributed by atoms with Crippen LogP contribution in [0.2, 0.25) is 0 Å². The van der Waals surface area contributed by atoms with E-state index in [1.165, 1.54) is 24.3 Å². The molecule has 0 saturated carbocycles. The van der Waals surface area contributed by atoms with Crippen LogP contribution < -0.4 is 5.32 Å². The maximum Gasteiger partial charge on any atom is 0.282 e. The van der Waals surface area contributed by atoms with E-state index in [9.17, 15) is 13.6 Å². The lowest BCUT2D eigenvalue weighted by Gasteiger charge is -2.02. The molecule has 0 aliphatic rings. The summed E-state index contributed by atoms with van der Waals surface area (Å²) in [5, 5.41) is 11.0. The van der Waals surface area contributed by atoms with E-state index in [2.05, 4.69) is 15.5 Å². The number of aromatic nitrogens is 2. The number of nitrogens with zero attached hydrogens (tertiary/aromatic N) is 2. The van der Waals surface area contributed by atoms with Crippen LogP contribution in [0.4, 0.5) is 8.78 Å². The van der Waals surface area contributed by atoms with Crippen LogP contribution in [0.1, 0.15) is 25.9 Å². The van der Waals surface area contributed by atoms with Gasteiger partial charge in [0, 0.05) is 12.1 Å². The molecular weight excluding hydrogens is 380 g/mol. The van der Waals surface area contributed by atoms with Crippen molar-refractivity contribution >= 4 is 40.0 Å². The zero-order valence-electron chi connectivity index (χ0n) is 13.2. The van der Waals surface area contributed by atoms with Gasteiger partial charge in [0.1, 0.15) is 11.6 Å². The number of nitrogens with one attached hydrogen (secondary N) is 1. The minimum Gasteiger partial charge on any atom is -0.346 e. The molecule has 3 aromatic rings. The van der Waals surface area contributed by atoms with Crippen LogP contribution in [-0.2, 0) is 6.54 Å². The normalized spacial score (nSPS) is 11.4. The summed E-state index contributed by atoms with van der Waals surface area (Å²) in [7, 11) is 0. The van der Waals surface area contributed by atoms with Crippen molar-refractivity contribution in [3.63, 3.8) is 0 Å². The van der Waals surface area contributed by atoms with Gasteiger partial charge >= 0.3 is 0 Å². The number of benzene rings is 2. The average molecular weight is 392 g/mol. The van der Waals surface area contributed by atoms with Crippen LogP contribution in [0.5, 0.6) is 0 Å². The van der Waals surface area contributed by atoms with Crippen molar-refractivity contribution in [2.24, 2.45) is 0 Å². The van der Waals surface area contributed by atoms with Crippen molar-refractivity contribution < 1.29 is 13.6 Å². The zero-order valence-corrected chi connectivity index (χ0v) is 14.8. The largest absolute Gasteiger partial charge is 0.346 e. The van der Waals surface area contributed by atoms with Gasteiger partial charge in [-0.25, -0.2) is 8.78 Å². The second kappa shape index (κ2) is 8.16. The first-order chi connectivity index (χ1) is 12.5. The summed E-state index contributed by atoms with van der Waals surface area (Å²) in [5.74, 6) is -1.18. The van der Waals surface area contributed by atoms with Gasteiger partial charge in [-0.3, -0.25) is 4.79 Å². The van der Waals surface area contributed by atoms with Crippen LogP contribution in [0.25, 0.3) is 11.1 Å². The number of rotatable bonds is 5. The molecule has 0 atom stereocenters. The van der Waals surface area contributed by atoms with E-state index in [1.54, 1.807) is 30.3 Å². The van der Waals surface area contributed by atoms with Crippen LogP contribution in [-0.4, -0.2) is 16.1 Å². The molecule has 132 valence electrons. The van der Waals surface area contributed by atoms with Gasteiger partial charge in [0.2, 0.25) is 5.01 Å². The number of halogens is 3. The molecule has 0 saturated heterocycles. The lowest BCUT2D eigenvalue weighted by molar-refractivity contribution is 0.0950. The topological polar surface area (TPSA) is 54.9 Å². The summed E-state index contributed by atoms with van der Waals surface area (Å²) in [4.78, 5) is 12.1. The van der Waals surface area contributed by atoms with Gasteiger partial charge < -0.3 is 5.32 Å². The van der Waals surface area contributed by atoms with Gasteiger partial charge in [0.05, 0.1) is 5.03 Å². The Bertz CT molecular complexity index is 957. The molecule has 0 spiro atoms. The fourth-order valence-corrected chi connectivity index (χ4v) is 3.00. The highest BCUT2D eigenvalue weighted by Gasteiger charge is 2.14. The average Bonchev–Trinajstić information content (AvgIpc) is 3.13. The predicted molar refractivity (Wildman–Crippen MR) is 97.6 cm³/mol. The molecule has 0 fully saturated rings. The van der Waals surface area contributed by atoms with Gasteiger partial charge in [-0.15, -0.1) is 10.2 Å². The van der Waals surface area contributed by atoms with E-state index < -0.39 is 11.7 Å². The SMILES string of the molecule is O=C(NCc1ccc(F)cc1)c1nnc(/C(Cl)=C/c2ccccc2F)s1. The second-order valence-electron chi connectivity index (χ2n) is 5.24. The summed E-state index contributed by atoms with van der Waals surface area (Å²) in [6.07, 6.45) is 1.43. The summed E-state index contributed by atoms with van der Waals surface area (Å²) >= 11 is 7.15. The molecule has 0 radical (unpaired) electrons. The predicted octanol–water partition coefficient (Wildman–Crippen LogP) is 4.48. The highest BCUT2D eigenvalue weighted by Crippen LogP contribution is 2.26. The third kappa shape index (κ3) is 4.50. The number of carbonyl (C=O) groups is 1. The summed E-state index contributed by atoms with van der Waals surface area (Å²) in [5.41, 5.74) is 1.07. The molecule has 8 heteroatoms. The molecule has 0 aliphatic heterocycles. The van der Waals surface area contributed by atoms with E-state index in [0.29, 0.717) is 10.6 Å². The second-order valence-corrected chi connectivity index (χ2v) is 6.62. The molecule has 0 unspecified atom stereocenters. The summed E-state index contributed by atoms with van der Waals surface area (Å²) in [6, 6.07) is 12.0. The van der Waals surface area contributed by atoms with E-state index in [4.69, 9.17) is 11.6 Å². The Balaban J connectivity index is 1.67. The monoisotopic (exact) mass is 391 g/mol. The molecule has 1 N–H and O–H groups in total. The number of amides is 1. The number of hydrogen-bond donors (Lipinski definition) is 1. The van der Waals surface area contributed by atoms with Gasteiger partial charge in [0.25, 0.3) is 5.91 Å². The Morgan fingerprint density at radius 1 is 1.08 bits per heavy atom. The van der Waals surface area contributed by atoms with Crippen LogP contribution in [0.15, 0.2) is 48.5 Å². The molecule has 4 nitrogen and oxygen atoms in total. The Kier molecular flexibility index (Phi) is 5.70. The fourth-order valence-electron chi connectivity index (χ4n) is 2.06. The molecular formula is C18H12ClF2N3OS. The van der Waals surface area contributed by atoms with E-state index >= 15 is 0 Å². The number of hydrogen-bond acceptors (Lipinski definition) is 4. The highest BCUT2D eigenvalue weighted by atomic mass is 35.5. The van der Waals surface area contributed by atoms with Crippen LogP contribution in [0.3, 0.4) is 0 Å². The maximum absolute atomic E-state index is 13.7. The fraction of sp³-hybridized carbons (Fsp3) is 0.0556. The molecule has 1 heterocycles. The third-order valence-corrected chi connectivity index (χ3v) is 4.73. The van der Waals surface area contributed by atoms with Gasteiger partial charge in [-0.05, 0) is 29.8 Å². The quantitative estimate of drug-likeness (QED) is 0.697. The van der Waals surface area contributed by atoms with Crippen molar-refractivity contribution in [3.05, 3.63) is 81.3 Å². The maximum atomic E-state index is 13.7. The van der Waals surface area contributed by atoms with Crippen molar-refractivity contribution in [2.75, 3.05) is 0 Å². The smallest absolute Gasteiger partial charge is 0.282 e. The Hall–Kier alpha value is -2.64. The molecule has 1 amide bonds. The Morgan fingerprint density at radius 2 is 1.77 bits per heavy atom.